The molecular formula is C11H16F2N2O2S2. The largest absolute Gasteiger partial charge is 0.314 e. The molecule has 0 amide bonds. The van der Waals surface area contributed by atoms with Gasteiger partial charge < -0.3 is 5.32 Å². The van der Waals surface area contributed by atoms with Crippen LogP contribution in [-0.2, 0) is 16.4 Å². The van der Waals surface area contributed by atoms with E-state index >= 15 is 0 Å². The minimum atomic E-state index is -3.80. The highest BCUT2D eigenvalue weighted by molar-refractivity contribution is 7.91. The molecule has 0 atom stereocenters. The number of thiophene rings is 1. The number of hydrogen-bond donors (Lipinski definition) is 2. The highest BCUT2D eigenvalue weighted by atomic mass is 32.2. The summed E-state index contributed by atoms with van der Waals surface area (Å²) in [6.07, 6.45) is 0.492. The van der Waals surface area contributed by atoms with E-state index in [1.165, 1.54) is 18.9 Å². The summed E-state index contributed by atoms with van der Waals surface area (Å²) in [6, 6.07) is 3.82. The van der Waals surface area contributed by atoms with Crippen molar-refractivity contribution in [2.75, 3.05) is 13.1 Å². The molecule has 0 aliphatic heterocycles. The van der Waals surface area contributed by atoms with Gasteiger partial charge in [-0.2, -0.15) is 0 Å². The molecule has 0 spiro atoms. The molecule has 0 aromatic carbocycles. The first-order chi connectivity index (χ1) is 8.97. The first-order valence-electron chi connectivity index (χ1n) is 6.07. The Hall–Kier alpha value is -0.570. The van der Waals surface area contributed by atoms with Crippen LogP contribution in [0.4, 0.5) is 8.78 Å². The molecule has 8 heteroatoms. The lowest BCUT2D eigenvalue weighted by Gasteiger charge is -2.03. The SMILES string of the molecule is O=S(=O)(NCC(F)F)c1ccc(CCNC2CC2)s1. The second-order valence-corrected chi connectivity index (χ2v) is 7.60. The van der Waals surface area contributed by atoms with Crippen LogP contribution in [0.2, 0.25) is 0 Å². The first kappa shape index (κ1) is 14.8. The Bertz CT molecular complexity index is 513. The fraction of sp³-hybridized carbons (Fsp3) is 0.636. The summed E-state index contributed by atoms with van der Waals surface area (Å²) in [6.45, 7) is -0.0338. The Morgan fingerprint density at radius 1 is 1.37 bits per heavy atom. The van der Waals surface area contributed by atoms with Gasteiger partial charge in [-0.1, -0.05) is 0 Å². The Kier molecular flexibility index (Phi) is 4.88. The maximum absolute atomic E-state index is 12.0. The van der Waals surface area contributed by atoms with Gasteiger partial charge in [0, 0.05) is 17.5 Å². The molecule has 0 radical (unpaired) electrons. The second-order valence-electron chi connectivity index (χ2n) is 4.44. The van der Waals surface area contributed by atoms with Crippen molar-refractivity contribution in [3.63, 3.8) is 0 Å². The molecule has 0 unspecified atom stereocenters. The quantitative estimate of drug-likeness (QED) is 0.766. The van der Waals surface area contributed by atoms with Gasteiger partial charge in [-0.25, -0.2) is 21.9 Å². The molecule has 2 rings (SSSR count). The van der Waals surface area contributed by atoms with Crippen LogP contribution in [0.5, 0.6) is 0 Å². The van der Waals surface area contributed by atoms with Crippen molar-refractivity contribution in [1.29, 1.82) is 0 Å². The molecule has 108 valence electrons. The lowest BCUT2D eigenvalue weighted by Crippen LogP contribution is -2.28. The summed E-state index contributed by atoms with van der Waals surface area (Å²) in [5.74, 6) is 0. The standard InChI is InChI=1S/C11H16F2N2O2S2/c12-10(13)7-15-19(16,17)11-4-3-9(18-11)5-6-14-8-1-2-8/h3-4,8,10,14-15H,1-2,5-7H2. The smallest absolute Gasteiger partial charge is 0.251 e. The summed E-state index contributed by atoms with van der Waals surface area (Å²) in [5.41, 5.74) is 0. The highest BCUT2D eigenvalue weighted by Crippen LogP contribution is 2.22. The number of alkyl halides is 2. The molecular weight excluding hydrogens is 294 g/mol. The van der Waals surface area contributed by atoms with Gasteiger partial charge in [-0.05, 0) is 31.4 Å². The van der Waals surface area contributed by atoms with E-state index in [9.17, 15) is 17.2 Å². The molecule has 2 N–H and O–H groups in total. The Morgan fingerprint density at radius 2 is 2.11 bits per heavy atom. The number of sulfonamides is 1. The molecule has 1 saturated carbocycles. The maximum atomic E-state index is 12.0. The van der Waals surface area contributed by atoms with Crippen LogP contribution in [-0.4, -0.2) is 34.0 Å². The van der Waals surface area contributed by atoms with Gasteiger partial charge in [0.25, 0.3) is 6.43 Å². The third-order valence-electron chi connectivity index (χ3n) is 2.71. The second kappa shape index (κ2) is 6.25. The van der Waals surface area contributed by atoms with Gasteiger partial charge >= 0.3 is 0 Å². The van der Waals surface area contributed by atoms with Crippen molar-refractivity contribution in [2.45, 2.75) is 35.9 Å². The van der Waals surface area contributed by atoms with Crippen molar-refractivity contribution in [3.8, 4) is 0 Å². The fourth-order valence-corrected chi connectivity index (χ4v) is 3.97. The molecule has 19 heavy (non-hydrogen) atoms. The molecule has 1 aliphatic carbocycles. The summed E-state index contributed by atoms with van der Waals surface area (Å²) < 4.78 is 49.4. The van der Waals surface area contributed by atoms with E-state index in [0.717, 1.165) is 29.2 Å². The normalized spacial score (nSPS) is 16.2. The maximum Gasteiger partial charge on any atom is 0.251 e. The molecule has 4 nitrogen and oxygen atoms in total. The Balaban J connectivity index is 1.87. The van der Waals surface area contributed by atoms with E-state index in [2.05, 4.69) is 5.32 Å². The van der Waals surface area contributed by atoms with Crippen LogP contribution in [0.15, 0.2) is 16.3 Å². The number of halogens is 2. The van der Waals surface area contributed by atoms with E-state index < -0.39 is 23.0 Å². The van der Waals surface area contributed by atoms with E-state index in [0.29, 0.717) is 6.04 Å². The van der Waals surface area contributed by atoms with Crippen LogP contribution in [0.25, 0.3) is 0 Å². The van der Waals surface area contributed by atoms with Crippen molar-refractivity contribution in [1.82, 2.24) is 10.0 Å². The van der Waals surface area contributed by atoms with E-state index in [4.69, 9.17) is 0 Å². The van der Waals surface area contributed by atoms with Gasteiger partial charge in [-0.15, -0.1) is 11.3 Å². The zero-order chi connectivity index (χ0) is 13.9. The Morgan fingerprint density at radius 3 is 2.74 bits per heavy atom. The van der Waals surface area contributed by atoms with Gasteiger partial charge in [0.05, 0.1) is 6.54 Å². The van der Waals surface area contributed by atoms with Crippen molar-refractivity contribution >= 4 is 21.4 Å². The molecule has 0 bridgehead atoms. The predicted molar refractivity (Wildman–Crippen MR) is 70.2 cm³/mol. The summed E-state index contributed by atoms with van der Waals surface area (Å²) >= 11 is 1.13. The summed E-state index contributed by atoms with van der Waals surface area (Å²) in [4.78, 5) is 0.936. The van der Waals surface area contributed by atoms with Crippen LogP contribution in [0.1, 0.15) is 17.7 Å². The van der Waals surface area contributed by atoms with Crippen molar-refractivity contribution in [2.24, 2.45) is 0 Å². The van der Waals surface area contributed by atoms with Crippen LogP contribution >= 0.6 is 11.3 Å². The number of rotatable bonds is 8. The van der Waals surface area contributed by atoms with Crippen LogP contribution in [0.3, 0.4) is 0 Å². The van der Waals surface area contributed by atoms with Gasteiger partial charge in [0.1, 0.15) is 4.21 Å². The first-order valence-corrected chi connectivity index (χ1v) is 8.37. The predicted octanol–water partition coefficient (Wildman–Crippen LogP) is 1.59. The number of hydrogen-bond acceptors (Lipinski definition) is 4. The van der Waals surface area contributed by atoms with Crippen molar-refractivity contribution < 1.29 is 17.2 Å². The minimum absolute atomic E-state index is 0.0922. The third-order valence-corrected chi connectivity index (χ3v) is 5.77. The van der Waals surface area contributed by atoms with Gasteiger partial charge in [0.15, 0.2) is 0 Å². The zero-order valence-corrected chi connectivity index (χ0v) is 11.9. The van der Waals surface area contributed by atoms with E-state index in [1.54, 1.807) is 6.07 Å². The average molecular weight is 310 g/mol. The highest BCUT2D eigenvalue weighted by Gasteiger charge is 2.21. The number of nitrogens with one attached hydrogen (secondary N) is 2. The third kappa shape index (κ3) is 4.79. The zero-order valence-electron chi connectivity index (χ0n) is 10.2. The molecule has 1 heterocycles. The molecule has 1 aromatic rings. The lowest BCUT2D eigenvalue weighted by atomic mass is 10.3. The molecule has 1 fully saturated rings. The molecule has 1 aromatic heterocycles. The van der Waals surface area contributed by atoms with Gasteiger partial charge in [0.2, 0.25) is 10.0 Å². The van der Waals surface area contributed by atoms with E-state index in [-0.39, 0.29) is 4.21 Å². The average Bonchev–Trinajstić information content (AvgIpc) is 3.03. The topological polar surface area (TPSA) is 58.2 Å². The summed E-state index contributed by atoms with van der Waals surface area (Å²) in [5, 5.41) is 3.34. The van der Waals surface area contributed by atoms with Crippen LogP contribution in [0, 0.1) is 0 Å². The van der Waals surface area contributed by atoms with E-state index in [1.807, 2.05) is 4.72 Å². The fourth-order valence-electron chi connectivity index (χ4n) is 1.57. The van der Waals surface area contributed by atoms with Crippen molar-refractivity contribution in [3.05, 3.63) is 17.0 Å². The molecule has 1 aliphatic rings. The van der Waals surface area contributed by atoms with Crippen LogP contribution < -0.4 is 10.0 Å². The molecule has 0 saturated heterocycles. The van der Waals surface area contributed by atoms with Gasteiger partial charge in [-0.3, -0.25) is 0 Å². The lowest BCUT2D eigenvalue weighted by molar-refractivity contribution is 0.153. The minimum Gasteiger partial charge on any atom is -0.314 e. The Labute approximate surface area is 115 Å². The summed E-state index contributed by atoms with van der Waals surface area (Å²) in [7, 11) is -3.80. The monoisotopic (exact) mass is 310 g/mol.